The van der Waals surface area contributed by atoms with Crippen molar-refractivity contribution in [3.63, 3.8) is 0 Å². The van der Waals surface area contributed by atoms with E-state index >= 15 is 0 Å². The van der Waals surface area contributed by atoms with E-state index in [0.717, 1.165) is 17.9 Å². The molecule has 1 rings (SSSR count). The Morgan fingerprint density at radius 2 is 2.06 bits per heavy atom. The van der Waals surface area contributed by atoms with Gasteiger partial charge in [0, 0.05) is 0 Å². The molecule has 0 bridgehead atoms. The number of hydrogen-bond acceptors (Lipinski definition) is 3. The number of nitrogens with two attached hydrogens (primary N) is 1. The maximum absolute atomic E-state index is 5.64. The highest BCUT2D eigenvalue weighted by atomic mass is 16.5. The van der Waals surface area contributed by atoms with Gasteiger partial charge in [0.05, 0.1) is 7.11 Å². The molecule has 2 N–H and O–H groups in total. The average molecular weight is 235 g/mol. The summed E-state index contributed by atoms with van der Waals surface area (Å²) < 4.78 is 10.9. The molecule has 0 amide bonds. The predicted octanol–water partition coefficient (Wildman–Crippen LogP) is 2.54. The lowest BCUT2D eigenvalue weighted by Gasteiger charge is -2.11. The van der Waals surface area contributed by atoms with E-state index in [1.54, 1.807) is 7.11 Å². The molecule has 0 atom stereocenters. The number of rotatable bonds is 6. The van der Waals surface area contributed by atoms with Gasteiger partial charge < -0.3 is 15.2 Å². The molecule has 3 nitrogen and oxygen atoms in total. The highest BCUT2D eigenvalue weighted by Gasteiger charge is 2.04. The highest BCUT2D eigenvalue weighted by molar-refractivity contribution is 5.43. The number of benzene rings is 1. The summed E-state index contributed by atoms with van der Waals surface area (Å²) in [6.07, 6.45) is 2.89. The molecule has 3 heteroatoms. The Morgan fingerprint density at radius 3 is 2.65 bits per heavy atom. The zero-order chi connectivity index (χ0) is 12.7. The van der Waals surface area contributed by atoms with E-state index in [2.05, 4.69) is 0 Å². The SMILES string of the molecule is COc1cc(CCN)ccc1OCC=C(C)C. The maximum atomic E-state index is 5.64. The Morgan fingerprint density at radius 1 is 1.29 bits per heavy atom. The van der Waals surface area contributed by atoms with Gasteiger partial charge in [-0.3, -0.25) is 0 Å². The lowest BCUT2D eigenvalue weighted by Crippen LogP contribution is -2.03. The molecule has 0 aliphatic carbocycles. The molecule has 0 spiro atoms. The van der Waals surface area contributed by atoms with Gasteiger partial charge >= 0.3 is 0 Å². The van der Waals surface area contributed by atoms with E-state index in [9.17, 15) is 0 Å². The van der Waals surface area contributed by atoms with Crippen LogP contribution in [0.25, 0.3) is 0 Å². The fourth-order valence-electron chi connectivity index (χ4n) is 1.45. The van der Waals surface area contributed by atoms with Gasteiger partial charge in [0.15, 0.2) is 11.5 Å². The normalized spacial score (nSPS) is 9.88. The molecule has 0 aliphatic rings. The van der Waals surface area contributed by atoms with E-state index in [-0.39, 0.29) is 0 Å². The quantitative estimate of drug-likeness (QED) is 0.771. The summed E-state index contributed by atoms with van der Waals surface area (Å²) in [5.41, 5.74) is 7.93. The van der Waals surface area contributed by atoms with Crippen LogP contribution in [0.15, 0.2) is 29.8 Å². The third-order valence-electron chi connectivity index (χ3n) is 2.39. The van der Waals surface area contributed by atoms with Crippen LogP contribution in [0.5, 0.6) is 11.5 Å². The number of ether oxygens (including phenoxy) is 2. The first-order chi connectivity index (χ1) is 8.17. The van der Waals surface area contributed by atoms with Crippen molar-refractivity contribution in [2.24, 2.45) is 5.73 Å². The van der Waals surface area contributed by atoms with Crippen LogP contribution in [0.2, 0.25) is 0 Å². The minimum Gasteiger partial charge on any atom is -0.493 e. The van der Waals surface area contributed by atoms with E-state index in [1.165, 1.54) is 11.1 Å². The van der Waals surface area contributed by atoms with Gasteiger partial charge in [-0.05, 0) is 50.6 Å². The smallest absolute Gasteiger partial charge is 0.161 e. The summed E-state index contributed by atoms with van der Waals surface area (Å²) in [6, 6.07) is 5.93. The van der Waals surface area contributed by atoms with Gasteiger partial charge in [0.2, 0.25) is 0 Å². The fourth-order valence-corrected chi connectivity index (χ4v) is 1.45. The predicted molar refractivity (Wildman–Crippen MR) is 70.7 cm³/mol. The molecule has 17 heavy (non-hydrogen) atoms. The first-order valence-corrected chi connectivity index (χ1v) is 5.80. The van der Waals surface area contributed by atoms with Crippen molar-refractivity contribution in [1.29, 1.82) is 0 Å². The largest absolute Gasteiger partial charge is 0.493 e. The first kappa shape index (κ1) is 13.6. The van der Waals surface area contributed by atoms with Gasteiger partial charge in [0.1, 0.15) is 6.61 Å². The second-order valence-electron chi connectivity index (χ2n) is 4.12. The Bertz CT molecular complexity index is 382. The van der Waals surface area contributed by atoms with Gasteiger partial charge in [-0.1, -0.05) is 11.6 Å². The van der Waals surface area contributed by atoms with E-state index < -0.39 is 0 Å². The van der Waals surface area contributed by atoms with Crippen molar-refractivity contribution in [2.45, 2.75) is 20.3 Å². The van der Waals surface area contributed by atoms with Crippen LogP contribution in [0.3, 0.4) is 0 Å². The van der Waals surface area contributed by atoms with Crippen LogP contribution >= 0.6 is 0 Å². The van der Waals surface area contributed by atoms with Crippen molar-refractivity contribution < 1.29 is 9.47 Å². The number of allylic oxidation sites excluding steroid dienone is 1. The van der Waals surface area contributed by atoms with E-state index in [0.29, 0.717) is 13.2 Å². The maximum Gasteiger partial charge on any atom is 0.161 e. The highest BCUT2D eigenvalue weighted by Crippen LogP contribution is 2.28. The van der Waals surface area contributed by atoms with Crippen molar-refractivity contribution in [1.82, 2.24) is 0 Å². The molecular formula is C14H21NO2. The number of methoxy groups -OCH3 is 1. The van der Waals surface area contributed by atoms with Crippen LogP contribution in [0, 0.1) is 0 Å². The summed E-state index contributed by atoms with van der Waals surface area (Å²) in [6.45, 7) is 5.30. The molecule has 0 unspecified atom stereocenters. The van der Waals surface area contributed by atoms with Gasteiger partial charge in [0.25, 0.3) is 0 Å². The third kappa shape index (κ3) is 4.49. The Hall–Kier alpha value is -1.48. The van der Waals surface area contributed by atoms with Crippen molar-refractivity contribution in [3.8, 4) is 11.5 Å². The fraction of sp³-hybridized carbons (Fsp3) is 0.429. The molecule has 0 fully saturated rings. The monoisotopic (exact) mass is 235 g/mol. The van der Waals surface area contributed by atoms with Gasteiger partial charge in [-0.2, -0.15) is 0 Å². The summed E-state index contributed by atoms with van der Waals surface area (Å²) in [5.74, 6) is 1.53. The van der Waals surface area contributed by atoms with Crippen molar-refractivity contribution in [3.05, 3.63) is 35.4 Å². The topological polar surface area (TPSA) is 44.5 Å². The molecule has 0 radical (unpaired) electrons. The zero-order valence-corrected chi connectivity index (χ0v) is 10.8. The zero-order valence-electron chi connectivity index (χ0n) is 10.8. The Balaban J connectivity index is 2.74. The van der Waals surface area contributed by atoms with Gasteiger partial charge in [-0.15, -0.1) is 0 Å². The molecule has 1 aromatic rings. The first-order valence-electron chi connectivity index (χ1n) is 5.80. The lowest BCUT2D eigenvalue weighted by molar-refractivity contribution is 0.325. The molecular weight excluding hydrogens is 214 g/mol. The molecule has 0 heterocycles. The summed E-state index contributed by atoms with van der Waals surface area (Å²) >= 11 is 0. The minimum absolute atomic E-state index is 0.564. The van der Waals surface area contributed by atoms with Crippen LogP contribution < -0.4 is 15.2 Å². The molecule has 0 saturated heterocycles. The van der Waals surface area contributed by atoms with Gasteiger partial charge in [-0.25, -0.2) is 0 Å². The van der Waals surface area contributed by atoms with E-state index in [4.69, 9.17) is 15.2 Å². The summed E-state index contributed by atoms with van der Waals surface area (Å²) in [5, 5.41) is 0. The second kappa shape index (κ2) is 6.97. The van der Waals surface area contributed by atoms with Crippen molar-refractivity contribution >= 4 is 0 Å². The third-order valence-corrected chi connectivity index (χ3v) is 2.39. The van der Waals surface area contributed by atoms with Crippen LogP contribution in [0.4, 0.5) is 0 Å². The Labute approximate surface area is 103 Å². The van der Waals surface area contributed by atoms with Crippen LogP contribution in [-0.4, -0.2) is 20.3 Å². The molecule has 0 saturated carbocycles. The lowest BCUT2D eigenvalue weighted by atomic mass is 10.1. The second-order valence-corrected chi connectivity index (χ2v) is 4.12. The average Bonchev–Trinajstić information content (AvgIpc) is 2.30. The van der Waals surface area contributed by atoms with Crippen molar-refractivity contribution in [2.75, 3.05) is 20.3 Å². The van der Waals surface area contributed by atoms with Crippen LogP contribution in [-0.2, 0) is 6.42 Å². The molecule has 0 aromatic heterocycles. The Kier molecular flexibility index (Phi) is 5.57. The standard InChI is InChI=1S/C14H21NO2/c1-11(2)7-9-17-13-5-4-12(6-8-15)10-14(13)16-3/h4-5,7,10H,6,8-9,15H2,1-3H3. The molecule has 1 aromatic carbocycles. The summed E-state index contributed by atoms with van der Waals surface area (Å²) in [7, 11) is 1.65. The number of hydrogen-bond donors (Lipinski definition) is 1. The van der Waals surface area contributed by atoms with E-state index in [1.807, 2.05) is 38.1 Å². The molecule has 0 aliphatic heterocycles. The summed E-state index contributed by atoms with van der Waals surface area (Å²) in [4.78, 5) is 0. The minimum atomic E-state index is 0.564. The van der Waals surface area contributed by atoms with Crippen LogP contribution in [0.1, 0.15) is 19.4 Å². The molecule has 94 valence electrons.